The standard InChI is InChI=1S/C17H12B8N6O/c18-14(19)12(15(20,21)17(24,25)16(14,22)23)9(3-10(26)32)31-5-7(4-30-31)11-8-1-2-27-13(8)29-6-28-11/h1-2,4-6,9,12H,3H2,(H2,26,32)(H,27,28,29)/t9-/m1/s1. The van der Waals surface area contributed by atoms with Crippen molar-refractivity contribution in [1.29, 1.82) is 0 Å². The Morgan fingerprint density at radius 2 is 1.72 bits per heavy atom. The van der Waals surface area contributed by atoms with Crippen molar-refractivity contribution in [3.05, 3.63) is 31.0 Å². The number of carbonyl (C=O) groups is 1. The second-order valence-corrected chi connectivity index (χ2v) is 8.49. The predicted molar refractivity (Wildman–Crippen MR) is 128 cm³/mol. The lowest BCUT2D eigenvalue weighted by atomic mass is 9.17. The van der Waals surface area contributed by atoms with E-state index in [1.54, 1.807) is 12.4 Å². The van der Waals surface area contributed by atoms with Crippen molar-refractivity contribution in [2.75, 3.05) is 0 Å². The fourth-order valence-corrected chi connectivity index (χ4v) is 4.58. The molecule has 0 aliphatic heterocycles. The molecule has 15 heteroatoms. The third-order valence-electron chi connectivity index (χ3n) is 6.51. The molecule has 1 aliphatic carbocycles. The van der Waals surface area contributed by atoms with Gasteiger partial charge in [0.15, 0.2) is 0 Å². The monoisotopic (exact) mass is 404 g/mol. The summed E-state index contributed by atoms with van der Waals surface area (Å²) in [5, 5.41) is -3.10. The van der Waals surface area contributed by atoms with Crippen molar-refractivity contribution in [2.45, 2.75) is 33.3 Å². The zero-order valence-electron chi connectivity index (χ0n) is 17.1. The van der Waals surface area contributed by atoms with Crippen LogP contribution in [0.4, 0.5) is 0 Å². The second kappa shape index (κ2) is 7.16. The van der Waals surface area contributed by atoms with Gasteiger partial charge in [0.1, 0.15) is 12.0 Å². The lowest BCUT2D eigenvalue weighted by molar-refractivity contribution is -0.119. The number of aromatic amines is 1. The summed E-state index contributed by atoms with van der Waals surface area (Å²) in [6.45, 7) is 0. The van der Waals surface area contributed by atoms with Gasteiger partial charge in [-0.1, -0.05) is 0 Å². The highest BCUT2D eigenvalue weighted by Crippen LogP contribution is 2.80. The van der Waals surface area contributed by atoms with E-state index >= 15 is 0 Å². The molecule has 1 atom stereocenters. The molecule has 0 saturated heterocycles. The van der Waals surface area contributed by atoms with E-state index in [9.17, 15) is 4.79 Å². The highest BCUT2D eigenvalue weighted by molar-refractivity contribution is 6.68. The Morgan fingerprint density at radius 3 is 2.31 bits per heavy atom. The van der Waals surface area contributed by atoms with Gasteiger partial charge >= 0.3 is 0 Å². The molecule has 140 valence electrons. The van der Waals surface area contributed by atoms with Crippen LogP contribution in [0.5, 0.6) is 0 Å². The van der Waals surface area contributed by atoms with Crippen LogP contribution < -0.4 is 5.73 Å². The fourth-order valence-electron chi connectivity index (χ4n) is 4.58. The highest BCUT2D eigenvalue weighted by atomic mass is 16.1. The van der Waals surface area contributed by atoms with Crippen molar-refractivity contribution in [1.82, 2.24) is 24.7 Å². The van der Waals surface area contributed by atoms with Crippen molar-refractivity contribution in [3.63, 3.8) is 0 Å². The number of hydrogen-bond acceptors (Lipinski definition) is 4. The van der Waals surface area contributed by atoms with Gasteiger partial charge in [-0.3, -0.25) is 9.48 Å². The second-order valence-electron chi connectivity index (χ2n) is 8.49. The number of hydrogen-bond donors (Lipinski definition) is 2. The average Bonchev–Trinajstić information content (AvgIpc) is 3.36. The van der Waals surface area contributed by atoms with E-state index in [1.807, 2.05) is 6.07 Å². The molecule has 1 aliphatic rings. The first kappa shape index (κ1) is 23.0. The van der Waals surface area contributed by atoms with Crippen LogP contribution in [0.15, 0.2) is 31.0 Å². The van der Waals surface area contributed by atoms with Gasteiger partial charge in [0.2, 0.25) is 5.91 Å². The molecule has 1 saturated carbocycles. The molecule has 7 nitrogen and oxygen atoms in total. The molecule has 0 unspecified atom stereocenters. The maximum absolute atomic E-state index is 12.0. The highest BCUT2D eigenvalue weighted by Gasteiger charge is 2.65. The topological polar surface area (TPSA) is 102 Å². The van der Waals surface area contributed by atoms with Crippen LogP contribution in [0.25, 0.3) is 22.3 Å². The number of fused-ring (bicyclic) bond motifs is 1. The van der Waals surface area contributed by atoms with E-state index in [1.165, 1.54) is 17.2 Å². The number of primary amides is 1. The van der Waals surface area contributed by atoms with Gasteiger partial charge < -0.3 is 10.7 Å². The smallest absolute Gasteiger partial charge is 0.219 e. The minimum Gasteiger partial charge on any atom is -0.370 e. The number of nitrogens with one attached hydrogen (secondary N) is 1. The van der Waals surface area contributed by atoms with Gasteiger partial charge in [-0.2, -0.15) is 5.10 Å². The summed E-state index contributed by atoms with van der Waals surface area (Å²) in [5.41, 5.74) is 7.35. The van der Waals surface area contributed by atoms with E-state index in [2.05, 4.69) is 20.1 Å². The van der Waals surface area contributed by atoms with E-state index in [4.69, 9.17) is 68.5 Å². The number of nitrogens with two attached hydrogens (primary N) is 1. The van der Waals surface area contributed by atoms with Gasteiger partial charge in [0.25, 0.3) is 0 Å². The summed E-state index contributed by atoms with van der Waals surface area (Å²) in [6.07, 6.45) is 6.01. The lowest BCUT2D eigenvalue weighted by Crippen LogP contribution is -2.40. The molecule has 16 radical (unpaired) electrons. The first-order valence-corrected chi connectivity index (χ1v) is 9.65. The Balaban J connectivity index is 1.84. The summed E-state index contributed by atoms with van der Waals surface area (Å²) in [4.78, 5) is 23.5. The van der Waals surface area contributed by atoms with Gasteiger partial charge in [-0.15, -0.1) is 20.9 Å². The minimum absolute atomic E-state index is 0.298. The molecule has 0 aromatic carbocycles. The molecule has 1 amide bonds. The SMILES string of the molecule is [B]C1([B])C([C@@H](CC(N)=O)n2cc(-c3ncnc4[nH]ccc34)cn2)C([B])([B])C([B])([B])C1([B])[B]. The zero-order chi connectivity index (χ0) is 23.7. The fraction of sp³-hybridized carbons (Fsp3) is 0.412. The molecule has 3 aromatic heterocycles. The van der Waals surface area contributed by atoms with Crippen LogP contribution >= 0.6 is 0 Å². The third kappa shape index (κ3) is 2.99. The molecular formula is C17H12B8N6O. The van der Waals surface area contributed by atoms with Crippen molar-refractivity contribution in [3.8, 4) is 11.3 Å². The third-order valence-corrected chi connectivity index (χ3v) is 6.51. The maximum atomic E-state index is 12.0. The molecule has 32 heavy (non-hydrogen) atoms. The minimum atomic E-state index is -2.11. The van der Waals surface area contributed by atoms with Gasteiger partial charge in [-0.25, -0.2) is 9.97 Å². The van der Waals surface area contributed by atoms with Crippen LogP contribution in [-0.2, 0) is 4.79 Å². The van der Waals surface area contributed by atoms with E-state index in [-0.39, 0.29) is 6.42 Å². The normalized spacial score (nSPS) is 22.0. The summed E-state index contributed by atoms with van der Waals surface area (Å²) in [7, 11) is 49.9. The predicted octanol–water partition coefficient (Wildman–Crippen LogP) is -1.32. The number of nitrogens with zero attached hydrogens (tertiary/aromatic N) is 4. The molecule has 0 bridgehead atoms. The lowest BCUT2D eigenvalue weighted by Gasteiger charge is -2.51. The molecule has 3 heterocycles. The first-order valence-electron chi connectivity index (χ1n) is 9.65. The summed E-state index contributed by atoms with van der Waals surface area (Å²) in [6, 6.07) is 0.847. The van der Waals surface area contributed by atoms with Gasteiger partial charge in [0, 0.05) is 29.8 Å². The Hall–Kier alpha value is -2.18. The summed E-state index contributed by atoms with van der Waals surface area (Å²) in [5.74, 6) is -1.90. The van der Waals surface area contributed by atoms with Crippen LogP contribution in [-0.4, -0.2) is 93.4 Å². The van der Waals surface area contributed by atoms with Crippen molar-refractivity contribution in [2.24, 2.45) is 11.7 Å². The number of amides is 1. The number of aromatic nitrogens is 5. The Bertz CT molecular complexity index is 1160. The molecular weight excluding hydrogens is 391 g/mol. The Labute approximate surface area is 196 Å². The Kier molecular flexibility index (Phi) is 5.14. The van der Waals surface area contributed by atoms with Gasteiger partial charge in [-0.05, 0) is 12.0 Å². The zero-order valence-corrected chi connectivity index (χ0v) is 17.1. The van der Waals surface area contributed by atoms with Crippen LogP contribution in [0.2, 0.25) is 20.9 Å². The largest absolute Gasteiger partial charge is 0.370 e. The van der Waals surface area contributed by atoms with Gasteiger partial charge in [0.05, 0.1) is 80.7 Å². The molecule has 4 rings (SSSR count). The molecule has 3 aromatic rings. The van der Waals surface area contributed by atoms with E-state index < -0.39 is 38.7 Å². The molecule has 3 N–H and O–H groups in total. The molecule has 0 spiro atoms. The maximum Gasteiger partial charge on any atom is 0.219 e. The van der Waals surface area contributed by atoms with Crippen molar-refractivity contribution < 1.29 is 4.79 Å². The number of H-pyrrole nitrogens is 1. The Morgan fingerprint density at radius 1 is 1.09 bits per heavy atom. The quantitative estimate of drug-likeness (QED) is 0.517. The van der Waals surface area contributed by atoms with Crippen molar-refractivity contribution >= 4 is 79.7 Å². The molecule has 1 fully saturated rings. The summed E-state index contributed by atoms with van der Waals surface area (Å²) < 4.78 is 1.41. The summed E-state index contributed by atoms with van der Waals surface area (Å²) >= 11 is 0. The average molecular weight is 403 g/mol. The van der Waals surface area contributed by atoms with Crippen LogP contribution in [0, 0.1) is 5.92 Å². The number of carbonyl (C=O) groups excluding carboxylic acids is 1. The first-order chi connectivity index (χ1) is 14.7. The van der Waals surface area contributed by atoms with Crippen LogP contribution in [0.3, 0.4) is 0 Å². The van der Waals surface area contributed by atoms with E-state index in [0.29, 0.717) is 16.9 Å². The van der Waals surface area contributed by atoms with Crippen LogP contribution in [0.1, 0.15) is 12.5 Å². The van der Waals surface area contributed by atoms with E-state index in [0.717, 1.165) is 5.39 Å². The number of rotatable bonds is 5.